The molecule has 27 heavy (non-hydrogen) atoms. The number of piperidine rings is 2. The Bertz CT molecular complexity index is 742. The summed E-state index contributed by atoms with van der Waals surface area (Å²) in [6, 6.07) is 10.9. The van der Waals surface area contributed by atoms with E-state index in [-0.39, 0.29) is 5.91 Å². The fourth-order valence-corrected chi connectivity index (χ4v) is 4.53. The van der Waals surface area contributed by atoms with Gasteiger partial charge in [0.2, 0.25) is 0 Å². The summed E-state index contributed by atoms with van der Waals surface area (Å²) in [6.07, 6.45) is 9.01. The van der Waals surface area contributed by atoms with E-state index in [9.17, 15) is 4.79 Å². The minimum Gasteiger partial charge on any atom is -0.350 e. The molecule has 2 fully saturated rings. The maximum absolute atomic E-state index is 12.5. The molecule has 3 heterocycles. The Kier molecular flexibility index (Phi) is 5.82. The summed E-state index contributed by atoms with van der Waals surface area (Å²) in [5.74, 6) is 0.463. The molecule has 2 aliphatic heterocycles. The molecule has 2 aliphatic rings. The molecule has 6 nitrogen and oxygen atoms in total. The molecule has 1 amide bonds. The average molecular weight is 367 g/mol. The summed E-state index contributed by atoms with van der Waals surface area (Å²) in [5.41, 5.74) is 1.67. The molecule has 1 N–H and O–H groups in total. The van der Waals surface area contributed by atoms with Crippen molar-refractivity contribution in [2.75, 3.05) is 19.6 Å². The topological polar surface area (TPSA) is 63.1 Å². The summed E-state index contributed by atoms with van der Waals surface area (Å²) in [7, 11) is 0. The van der Waals surface area contributed by atoms with Gasteiger partial charge in [-0.2, -0.15) is 0 Å². The molecular formula is C21H29N5O. The Labute approximate surface area is 160 Å². The zero-order valence-electron chi connectivity index (χ0n) is 15.9. The van der Waals surface area contributed by atoms with Gasteiger partial charge >= 0.3 is 0 Å². The van der Waals surface area contributed by atoms with Gasteiger partial charge in [0, 0.05) is 19.1 Å². The zero-order chi connectivity index (χ0) is 18.5. The van der Waals surface area contributed by atoms with Gasteiger partial charge in [-0.3, -0.25) is 9.48 Å². The van der Waals surface area contributed by atoms with Crippen molar-refractivity contribution in [3.8, 4) is 0 Å². The van der Waals surface area contributed by atoms with E-state index >= 15 is 0 Å². The van der Waals surface area contributed by atoms with E-state index < -0.39 is 0 Å². The largest absolute Gasteiger partial charge is 0.350 e. The molecule has 2 atom stereocenters. The number of aryl methyl sites for hydroxylation is 2. The van der Waals surface area contributed by atoms with Gasteiger partial charge in [-0.05, 0) is 56.7 Å². The Morgan fingerprint density at radius 3 is 2.85 bits per heavy atom. The molecule has 2 aromatic rings. The molecule has 1 aromatic carbocycles. The molecule has 0 radical (unpaired) electrons. The molecule has 144 valence electrons. The van der Waals surface area contributed by atoms with Crippen LogP contribution in [0.3, 0.4) is 0 Å². The number of nitrogens with zero attached hydrogens (tertiary/aromatic N) is 4. The summed E-state index contributed by atoms with van der Waals surface area (Å²) < 4.78 is 1.76. The number of benzene rings is 1. The molecule has 2 saturated heterocycles. The molecule has 0 unspecified atom stereocenters. The second-order valence-electron chi connectivity index (χ2n) is 7.81. The predicted octanol–water partition coefficient (Wildman–Crippen LogP) is 2.52. The lowest BCUT2D eigenvalue weighted by atomic mass is 9.83. The number of carbonyl (C=O) groups excluding carboxylic acids is 1. The molecule has 4 rings (SSSR count). The lowest BCUT2D eigenvalue weighted by molar-refractivity contribution is 0.0575. The van der Waals surface area contributed by atoms with E-state index in [1.54, 1.807) is 10.9 Å². The highest BCUT2D eigenvalue weighted by molar-refractivity contribution is 5.91. The van der Waals surface area contributed by atoms with Gasteiger partial charge in [0.1, 0.15) is 0 Å². The third-order valence-electron chi connectivity index (χ3n) is 6.00. The van der Waals surface area contributed by atoms with E-state index in [1.807, 2.05) is 18.2 Å². The van der Waals surface area contributed by atoms with Crippen molar-refractivity contribution < 1.29 is 4.79 Å². The summed E-state index contributed by atoms with van der Waals surface area (Å²) >= 11 is 0. The van der Waals surface area contributed by atoms with Gasteiger partial charge in [-0.25, -0.2) is 0 Å². The lowest BCUT2D eigenvalue weighted by Gasteiger charge is -2.44. The molecule has 0 spiro atoms. The number of hydrogen-bond acceptors (Lipinski definition) is 4. The van der Waals surface area contributed by atoms with Crippen LogP contribution >= 0.6 is 0 Å². The van der Waals surface area contributed by atoms with Crippen LogP contribution in [0, 0.1) is 5.92 Å². The lowest BCUT2D eigenvalue weighted by Crippen LogP contribution is -2.51. The first-order chi connectivity index (χ1) is 13.3. The Hall–Kier alpha value is -2.21. The van der Waals surface area contributed by atoms with Crippen LogP contribution in [0.4, 0.5) is 0 Å². The number of rotatable bonds is 6. The maximum atomic E-state index is 12.5. The summed E-state index contributed by atoms with van der Waals surface area (Å²) in [6.45, 7) is 3.93. The van der Waals surface area contributed by atoms with E-state index in [4.69, 9.17) is 0 Å². The molecule has 1 aromatic heterocycles. The SMILES string of the molecule is O=C(NC[C@@H]1CCCN2CCCC[C@H]12)c1cn(CCc2ccccc2)nn1. The average Bonchev–Trinajstić information content (AvgIpc) is 3.20. The second kappa shape index (κ2) is 8.65. The van der Waals surface area contributed by atoms with Gasteiger partial charge in [0.15, 0.2) is 5.69 Å². The van der Waals surface area contributed by atoms with Crippen molar-refractivity contribution in [3.05, 3.63) is 47.8 Å². The van der Waals surface area contributed by atoms with Gasteiger partial charge in [0.25, 0.3) is 5.91 Å². The van der Waals surface area contributed by atoms with Crippen LogP contribution < -0.4 is 5.32 Å². The number of aromatic nitrogens is 3. The standard InChI is InChI=1S/C21H29N5O/c27-21(22-15-18-9-6-13-25-12-5-4-10-20(18)25)19-16-26(24-23-19)14-11-17-7-2-1-3-8-17/h1-3,7-8,16,18,20H,4-6,9-15H2,(H,22,27)/t18-,20+/m0/s1. The van der Waals surface area contributed by atoms with Crippen LogP contribution in [0.15, 0.2) is 36.5 Å². The number of carbonyl (C=O) groups is 1. The quantitative estimate of drug-likeness (QED) is 0.852. The predicted molar refractivity (Wildman–Crippen MR) is 104 cm³/mol. The van der Waals surface area contributed by atoms with Crippen LogP contribution in [0.1, 0.15) is 48.2 Å². The second-order valence-corrected chi connectivity index (χ2v) is 7.81. The molecule has 6 heteroatoms. The van der Waals surface area contributed by atoms with E-state index in [2.05, 4.69) is 32.7 Å². The summed E-state index contributed by atoms with van der Waals surface area (Å²) in [5, 5.41) is 11.3. The molecule has 0 aliphatic carbocycles. The van der Waals surface area contributed by atoms with Crippen molar-refractivity contribution in [2.45, 2.75) is 51.1 Å². The van der Waals surface area contributed by atoms with Crippen LogP contribution in [0.25, 0.3) is 0 Å². The Balaban J connectivity index is 1.28. The minimum absolute atomic E-state index is 0.103. The number of amides is 1. The van der Waals surface area contributed by atoms with Gasteiger partial charge in [-0.1, -0.05) is 42.0 Å². The molecular weight excluding hydrogens is 338 g/mol. The first-order valence-electron chi connectivity index (χ1n) is 10.3. The smallest absolute Gasteiger partial charge is 0.273 e. The number of hydrogen-bond donors (Lipinski definition) is 1. The minimum atomic E-state index is -0.103. The molecule has 0 saturated carbocycles. The van der Waals surface area contributed by atoms with Gasteiger partial charge in [-0.15, -0.1) is 5.10 Å². The van der Waals surface area contributed by atoms with Crippen molar-refractivity contribution in [1.29, 1.82) is 0 Å². The van der Waals surface area contributed by atoms with Crippen LogP contribution in [-0.4, -0.2) is 51.5 Å². The maximum Gasteiger partial charge on any atom is 0.273 e. The third-order valence-corrected chi connectivity index (χ3v) is 6.00. The number of nitrogens with one attached hydrogen (secondary N) is 1. The van der Waals surface area contributed by atoms with Gasteiger partial charge < -0.3 is 10.2 Å². The van der Waals surface area contributed by atoms with Crippen molar-refractivity contribution >= 4 is 5.91 Å². The zero-order valence-corrected chi connectivity index (χ0v) is 15.9. The van der Waals surface area contributed by atoms with Crippen molar-refractivity contribution in [3.63, 3.8) is 0 Å². The van der Waals surface area contributed by atoms with Crippen molar-refractivity contribution in [1.82, 2.24) is 25.2 Å². The Morgan fingerprint density at radius 2 is 1.96 bits per heavy atom. The number of fused-ring (bicyclic) bond motifs is 1. The normalized spacial score (nSPS) is 23.0. The fourth-order valence-electron chi connectivity index (χ4n) is 4.53. The van der Waals surface area contributed by atoms with E-state index in [0.717, 1.165) is 19.5 Å². The van der Waals surface area contributed by atoms with Crippen LogP contribution in [-0.2, 0) is 13.0 Å². The fraction of sp³-hybridized carbons (Fsp3) is 0.571. The van der Waals surface area contributed by atoms with Gasteiger partial charge in [0.05, 0.1) is 6.20 Å². The van der Waals surface area contributed by atoms with Crippen LogP contribution in [0.2, 0.25) is 0 Å². The Morgan fingerprint density at radius 1 is 1.11 bits per heavy atom. The van der Waals surface area contributed by atoms with Crippen LogP contribution in [0.5, 0.6) is 0 Å². The first-order valence-corrected chi connectivity index (χ1v) is 10.3. The van der Waals surface area contributed by atoms with Crippen molar-refractivity contribution in [2.24, 2.45) is 5.92 Å². The van der Waals surface area contributed by atoms with E-state index in [1.165, 1.54) is 50.8 Å². The molecule has 0 bridgehead atoms. The highest BCUT2D eigenvalue weighted by atomic mass is 16.2. The third kappa shape index (κ3) is 4.56. The first kappa shape index (κ1) is 18.2. The van der Waals surface area contributed by atoms with E-state index in [0.29, 0.717) is 17.7 Å². The summed E-state index contributed by atoms with van der Waals surface area (Å²) in [4.78, 5) is 15.1. The highest BCUT2D eigenvalue weighted by Gasteiger charge is 2.33. The monoisotopic (exact) mass is 367 g/mol. The highest BCUT2D eigenvalue weighted by Crippen LogP contribution is 2.30.